The van der Waals surface area contributed by atoms with Crippen molar-refractivity contribution in [1.29, 1.82) is 0 Å². The van der Waals surface area contributed by atoms with Crippen LogP contribution in [0.15, 0.2) is 47.4 Å². The minimum Gasteiger partial charge on any atom is -0.492 e. The van der Waals surface area contributed by atoms with Gasteiger partial charge in [0.15, 0.2) is 6.29 Å². The van der Waals surface area contributed by atoms with Crippen molar-refractivity contribution in [1.82, 2.24) is 4.98 Å². The number of carbonyl (C=O) groups is 3. The quantitative estimate of drug-likeness (QED) is 0.140. The van der Waals surface area contributed by atoms with Crippen molar-refractivity contribution >= 4 is 34.5 Å². The third-order valence-corrected chi connectivity index (χ3v) is 10.4. The van der Waals surface area contributed by atoms with E-state index < -0.39 is 30.2 Å². The fourth-order valence-corrected chi connectivity index (χ4v) is 8.10. The van der Waals surface area contributed by atoms with Gasteiger partial charge >= 0.3 is 5.97 Å². The number of hydrogen-bond donors (Lipinski definition) is 4. The number of benzene rings is 2. The number of nitrogens with one attached hydrogen (secondary N) is 1. The molecular weight excluding hydrogens is 630 g/mol. The number of aldehydes is 1. The summed E-state index contributed by atoms with van der Waals surface area (Å²) in [5.74, 6) is -1.15. The minimum atomic E-state index is -1.17. The molecule has 2 aliphatic carbocycles. The Bertz CT molecular complexity index is 1900. The van der Waals surface area contributed by atoms with E-state index in [0.717, 1.165) is 28.5 Å². The number of ketones is 1. The molecule has 2 aromatic carbocycles. The first-order valence-electron chi connectivity index (χ1n) is 17.1. The SMILES string of the molecule is CCOC(=O)C1=C(C=O)/C(=C2\CCC(=O)[C@@H](c3ccc4[nH]ccc4c3)C2)c2c(c(CO)c3c(c2OCCCO)[C@@H]2CCC[C@@](C)(O)[C@H]2O3)O1. The molecule has 4 N–H and O–H groups in total. The Kier molecular flexibility index (Phi) is 8.85. The third kappa shape index (κ3) is 5.53. The number of Topliss-reactive ketones (excluding diaryl/α,β-unsaturated/α-hetero) is 1. The predicted octanol–water partition coefficient (Wildman–Crippen LogP) is 4.90. The maximum absolute atomic E-state index is 13.5. The maximum Gasteiger partial charge on any atom is 0.375 e. The molecule has 7 rings (SSSR count). The highest BCUT2D eigenvalue weighted by Crippen LogP contribution is 2.61. The summed E-state index contributed by atoms with van der Waals surface area (Å²) < 4.78 is 24.6. The summed E-state index contributed by atoms with van der Waals surface area (Å²) in [4.78, 5) is 43.3. The van der Waals surface area contributed by atoms with Gasteiger partial charge in [0.25, 0.3) is 0 Å². The van der Waals surface area contributed by atoms with Gasteiger partial charge in [-0.3, -0.25) is 9.59 Å². The summed E-state index contributed by atoms with van der Waals surface area (Å²) >= 11 is 0. The van der Waals surface area contributed by atoms with Crippen molar-refractivity contribution in [3.8, 4) is 17.2 Å². The fraction of sp³-hybridized carbons (Fsp3) is 0.447. The van der Waals surface area contributed by atoms with Crippen LogP contribution in [0.5, 0.6) is 17.2 Å². The number of aliphatic hydroxyl groups is 3. The van der Waals surface area contributed by atoms with E-state index >= 15 is 0 Å². The highest BCUT2D eigenvalue weighted by Gasteiger charge is 2.52. The van der Waals surface area contributed by atoms with Crippen LogP contribution in [0.1, 0.15) is 92.9 Å². The molecule has 0 spiro atoms. The molecule has 1 aromatic heterocycles. The molecule has 3 aromatic rings. The van der Waals surface area contributed by atoms with Crippen LogP contribution in [0.25, 0.3) is 16.5 Å². The smallest absolute Gasteiger partial charge is 0.375 e. The van der Waals surface area contributed by atoms with E-state index in [-0.39, 0.29) is 67.0 Å². The zero-order valence-corrected chi connectivity index (χ0v) is 27.7. The second-order valence-electron chi connectivity index (χ2n) is 13.4. The molecule has 2 saturated carbocycles. The van der Waals surface area contributed by atoms with Crippen molar-refractivity contribution in [3.63, 3.8) is 0 Å². The zero-order chi connectivity index (χ0) is 34.4. The van der Waals surface area contributed by atoms with E-state index in [2.05, 4.69) is 4.98 Å². The Morgan fingerprint density at radius 1 is 1.18 bits per heavy atom. The lowest BCUT2D eigenvalue weighted by atomic mass is 9.72. The van der Waals surface area contributed by atoms with Crippen molar-refractivity contribution in [2.75, 3.05) is 19.8 Å². The lowest BCUT2D eigenvalue weighted by molar-refractivity contribution is -0.141. The topological polar surface area (TPSA) is 165 Å². The summed E-state index contributed by atoms with van der Waals surface area (Å²) in [5, 5.41) is 33.0. The number of allylic oxidation sites excluding steroid dienone is 3. The molecule has 0 radical (unpaired) electrons. The van der Waals surface area contributed by atoms with E-state index in [9.17, 15) is 29.7 Å². The second-order valence-corrected chi connectivity index (χ2v) is 13.4. The summed E-state index contributed by atoms with van der Waals surface area (Å²) in [6.45, 7) is 2.88. The van der Waals surface area contributed by atoms with Crippen LogP contribution in [0, 0.1) is 0 Å². The maximum atomic E-state index is 13.5. The van der Waals surface area contributed by atoms with Crippen molar-refractivity contribution < 1.29 is 48.7 Å². The molecule has 2 aliphatic heterocycles. The minimum absolute atomic E-state index is 0.0305. The van der Waals surface area contributed by atoms with E-state index in [1.54, 1.807) is 13.8 Å². The second kappa shape index (κ2) is 13.1. The first-order valence-corrected chi connectivity index (χ1v) is 17.1. The number of aliphatic hydroxyl groups excluding tert-OH is 2. The van der Waals surface area contributed by atoms with E-state index in [1.165, 1.54) is 0 Å². The first-order chi connectivity index (χ1) is 23.7. The predicted molar refractivity (Wildman–Crippen MR) is 178 cm³/mol. The molecule has 0 unspecified atom stereocenters. The number of aromatic nitrogens is 1. The first kappa shape index (κ1) is 33.1. The van der Waals surface area contributed by atoms with Gasteiger partial charge < -0.3 is 39.3 Å². The van der Waals surface area contributed by atoms with Gasteiger partial charge in [0.05, 0.1) is 42.1 Å². The summed E-state index contributed by atoms with van der Waals surface area (Å²) in [6, 6.07) is 7.81. The highest BCUT2D eigenvalue weighted by molar-refractivity contribution is 6.11. The number of esters is 1. The average molecular weight is 672 g/mol. The fourth-order valence-electron chi connectivity index (χ4n) is 8.10. The molecule has 3 heterocycles. The summed E-state index contributed by atoms with van der Waals surface area (Å²) in [6.07, 6.45) is 4.84. The summed E-state index contributed by atoms with van der Waals surface area (Å²) in [7, 11) is 0. The van der Waals surface area contributed by atoms with Gasteiger partial charge in [0.2, 0.25) is 5.76 Å². The Morgan fingerprint density at radius 3 is 2.78 bits per heavy atom. The Labute approximate surface area is 283 Å². The number of aromatic amines is 1. The highest BCUT2D eigenvalue weighted by atomic mass is 16.6. The standard InChI is InChI=1S/C38H41NO10/c1-3-46-37(44)34-25(18-41)29(22-8-10-28(43)24(17-22)20-7-9-27-21(16-20)11-13-39-27)31-33(48-34)26(19-42)32-30(35(31)47-15-5-14-40)23-6-4-12-38(2,45)36(23)49-32/h7,9,11,13,16,18,23-24,36,39-40,42,45H,3-6,8,10,12,14-15,17,19H2,1-2H3/b29-22-/t23-,24+,36-,38+/m0/s1. The van der Waals surface area contributed by atoms with Gasteiger partial charge in [-0.1, -0.05) is 11.6 Å². The number of rotatable bonds is 9. The van der Waals surface area contributed by atoms with Crippen LogP contribution in [0.4, 0.5) is 0 Å². The van der Waals surface area contributed by atoms with Crippen molar-refractivity contribution in [2.24, 2.45) is 0 Å². The van der Waals surface area contributed by atoms with Crippen LogP contribution in [-0.2, 0) is 25.7 Å². The Hall–Kier alpha value is -4.45. The molecule has 0 bridgehead atoms. The molecule has 4 aliphatic rings. The van der Waals surface area contributed by atoms with Gasteiger partial charge in [-0.05, 0) is 75.1 Å². The van der Waals surface area contributed by atoms with Crippen LogP contribution in [-0.4, -0.2) is 69.9 Å². The van der Waals surface area contributed by atoms with Crippen LogP contribution in [0.2, 0.25) is 0 Å². The lowest BCUT2D eigenvalue weighted by Gasteiger charge is -2.38. The van der Waals surface area contributed by atoms with Crippen LogP contribution < -0.4 is 14.2 Å². The number of ether oxygens (including phenoxy) is 4. The Balaban J connectivity index is 1.49. The molecule has 258 valence electrons. The average Bonchev–Trinajstić information content (AvgIpc) is 3.73. The normalized spacial score (nSPS) is 26.1. The van der Waals surface area contributed by atoms with Gasteiger partial charge in [-0.2, -0.15) is 0 Å². The lowest BCUT2D eigenvalue weighted by Crippen LogP contribution is -2.47. The number of hydrogen-bond acceptors (Lipinski definition) is 10. The third-order valence-electron chi connectivity index (χ3n) is 10.4. The zero-order valence-electron chi connectivity index (χ0n) is 27.7. The van der Waals surface area contributed by atoms with Gasteiger partial charge in [-0.25, -0.2) is 4.79 Å². The molecular formula is C38H41NO10. The molecule has 2 fully saturated rings. The largest absolute Gasteiger partial charge is 0.492 e. The van der Waals surface area contributed by atoms with E-state index in [4.69, 9.17) is 18.9 Å². The van der Waals surface area contributed by atoms with Crippen molar-refractivity contribution in [2.45, 2.75) is 88.9 Å². The molecule has 49 heavy (non-hydrogen) atoms. The van der Waals surface area contributed by atoms with Gasteiger partial charge in [0, 0.05) is 54.1 Å². The molecule has 4 atom stereocenters. The van der Waals surface area contributed by atoms with Crippen molar-refractivity contribution in [3.05, 3.63) is 69.6 Å². The molecule has 11 nitrogen and oxygen atoms in total. The molecule has 0 amide bonds. The van der Waals surface area contributed by atoms with Gasteiger partial charge in [-0.15, -0.1) is 0 Å². The number of fused-ring (bicyclic) bond motifs is 5. The Morgan fingerprint density at radius 2 is 2.02 bits per heavy atom. The molecule has 0 saturated heterocycles. The van der Waals surface area contributed by atoms with E-state index in [1.807, 2.05) is 30.5 Å². The molecule has 11 heteroatoms. The van der Waals surface area contributed by atoms with Gasteiger partial charge in [0.1, 0.15) is 29.1 Å². The van der Waals surface area contributed by atoms with Crippen LogP contribution >= 0.6 is 0 Å². The van der Waals surface area contributed by atoms with Crippen LogP contribution in [0.3, 0.4) is 0 Å². The van der Waals surface area contributed by atoms with E-state index in [0.29, 0.717) is 60.2 Å². The monoisotopic (exact) mass is 671 g/mol. The number of H-pyrrole nitrogens is 1. The summed E-state index contributed by atoms with van der Waals surface area (Å²) in [5.41, 5.74) is 3.05. The number of carbonyl (C=O) groups excluding carboxylic acids is 3.